The zero-order valence-corrected chi connectivity index (χ0v) is 14.7. The standard InChI is InChI=1S/C19H18N8/c1-2-4-14(5-3-1)15-10-16(21-11-20-15)26-6-8-27(9-7-26)19-17-18(23-12-22-17)24-13-25-19/h1-5,10-13H,6-9H2,(H,22,23,24,25). The van der Waals surface area contributed by atoms with Crippen LogP contribution < -0.4 is 9.80 Å². The van der Waals surface area contributed by atoms with E-state index in [1.807, 2.05) is 18.2 Å². The van der Waals surface area contributed by atoms with Gasteiger partial charge in [0, 0.05) is 37.8 Å². The molecule has 0 spiro atoms. The largest absolute Gasteiger partial charge is 0.353 e. The molecule has 1 aromatic carbocycles. The Morgan fingerprint density at radius 1 is 0.778 bits per heavy atom. The molecule has 3 aromatic heterocycles. The number of aromatic amines is 1. The van der Waals surface area contributed by atoms with Gasteiger partial charge >= 0.3 is 0 Å². The minimum atomic E-state index is 0.700. The maximum atomic E-state index is 4.48. The molecule has 0 saturated carbocycles. The quantitative estimate of drug-likeness (QED) is 0.600. The highest BCUT2D eigenvalue weighted by Crippen LogP contribution is 2.24. The van der Waals surface area contributed by atoms with Gasteiger partial charge in [-0.05, 0) is 0 Å². The van der Waals surface area contributed by atoms with E-state index >= 15 is 0 Å². The number of piperazine rings is 1. The van der Waals surface area contributed by atoms with Crippen LogP contribution in [0, 0.1) is 0 Å². The second kappa shape index (κ2) is 6.64. The van der Waals surface area contributed by atoms with E-state index in [0.29, 0.717) is 5.65 Å². The summed E-state index contributed by atoms with van der Waals surface area (Å²) in [6.07, 6.45) is 4.87. The molecule has 0 unspecified atom stereocenters. The van der Waals surface area contributed by atoms with Gasteiger partial charge in [-0.2, -0.15) is 0 Å². The Bertz CT molecular complexity index is 1050. The Balaban J connectivity index is 1.34. The van der Waals surface area contributed by atoms with Crippen molar-refractivity contribution in [1.29, 1.82) is 0 Å². The fourth-order valence-corrected chi connectivity index (χ4v) is 3.43. The molecule has 1 N–H and O–H groups in total. The number of H-pyrrole nitrogens is 1. The van der Waals surface area contributed by atoms with Crippen LogP contribution in [0.3, 0.4) is 0 Å². The Labute approximate surface area is 156 Å². The molecule has 1 aliphatic heterocycles. The summed E-state index contributed by atoms with van der Waals surface area (Å²) < 4.78 is 0. The van der Waals surface area contributed by atoms with Crippen LogP contribution >= 0.6 is 0 Å². The number of anilines is 2. The van der Waals surface area contributed by atoms with Crippen LogP contribution in [0.25, 0.3) is 22.4 Å². The van der Waals surface area contributed by atoms with Crippen molar-refractivity contribution in [3.63, 3.8) is 0 Å². The Morgan fingerprint density at radius 3 is 2.41 bits per heavy atom. The number of aromatic nitrogens is 6. The summed E-state index contributed by atoms with van der Waals surface area (Å²) in [6.45, 7) is 3.45. The van der Waals surface area contributed by atoms with Crippen molar-refractivity contribution in [3.05, 3.63) is 55.4 Å². The minimum absolute atomic E-state index is 0.700. The first-order valence-electron chi connectivity index (χ1n) is 8.90. The summed E-state index contributed by atoms with van der Waals surface area (Å²) in [5, 5.41) is 0. The number of imidazole rings is 1. The van der Waals surface area contributed by atoms with Crippen LogP contribution in [0.4, 0.5) is 11.6 Å². The number of hydrogen-bond acceptors (Lipinski definition) is 7. The van der Waals surface area contributed by atoms with Crippen molar-refractivity contribution in [2.24, 2.45) is 0 Å². The number of nitrogens with one attached hydrogen (secondary N) is 1. The zero-order valence-electron chi connectivity index (χ0n) is 14.7. The van der Waals surface area contributed by atoms with Crippen molar-refractivity contribution >= 4 is 22.8 Å². The molecule has 8 heteroatoms. The van der Waals surface area contributed by atoms with Crippen LogP contribution in [0.5, 0.6) is 0 Å². The van der Waals surface area contributed by atoms with Crippen molar-refractivity contribution in [3.8, 4) is 11.3 Å². The number of fused-ring (bicyclic) bond motifs is 1. The third-order valence-electron chi connectivity index (χ3n) is 4.83. The average molecular weight is 358 g/mol. The van der Waals surface area contributed by atoms with E-state index in [9.17, 15) is 0 Å². The predicted molar refractivity (Wildman–Crippen MR) is 104 cm³/mol. The predicted octanol–water partition coefficient (Wildman–Crippen LogP) is 2.14. The second-order valence-corrected chi connectivity index (χ2v) is 6.40. The third-order valence-corrected chi connectivity index (χ3v) is 4.83. The fourth-order valence-electron chi connectivity index (χ4n) is 3.43. The molecule has 0 radical (unpaired) electrons. The maximum absolute atomic E-state index is 4.48. The van der Waals surface area contributed by atoms with E-state index < -0.39 is 0 Å². The SMILES string of the molecule is c1ccc(-c2cc(N3CCN(c4ncnc5nc[nH]c45)CC3)ncn2)cc1. The van der Waals surface area contributed by atoms with Gasteiger partial charge in [0.15, 0.2) is 11.5 Å². The second-order valence-electron chi connectivity index (χ2n) is 6.40. The topological polar surface area (TPSA) is 86.7 Å². The van der Waals surface area contributed by atoms with Crippen molar-refractivity contribution < 1.29 is 0 Å². The summed E-state index contributed by atoms with van der Waals surface area (Å²) in [6, 6.07) is 12.2. The molecular weight excluding hydrogens is 340 g/mol. The van der Waals surface area contributed by atoms with Gasteiger partial charge < -0.3 is 14.8 Å². The molecule has 27 heavy (non-hydrogen) atoms. The van der Waals surface area contributed by atoms with Gasteiger partial charge in [-0.15, -0.1) is 0 Å². The molecule has 0 bridgehead atoms. The van der Waals surface area contributed by atoms with E-state index in [2.05, 4.69) is 57.9 Å². The maximum Gasteiger partial charge on any atom is 0.182 e. The molecular formula is C19H18N8. The Morgan fingerprint density at radius 2 is 1.56 bits per heavy atom. The zero-order chi connectivity index (χ0) is 18.1. The third kappa shape index (κ3) is 2.95. The average Bonchev–Trinajstić information content (AvgIpc) is 3.24. The summed E-state index contributed by atoms with van der Waals surface area (Å²) in [5.41, 5.74) is 3.63. The van der Waals surface area contributed by atoms with Crippen molar-refractivity contribution in [2.75, 3.05) is 36.0 Å². The van der Waals surface area contributed by atoms with E-state index in [0.717, 1.165) is 54.6 Å². The lowest BCUT2D eigenvalue weighted by atomic mass is 10.1. The van der Waals surface area contributed by atoms with E-state index in [4.69, 9.17) is 0 Å². The first kappa shape index (κ1) is 15.7. The number of benzene rings is 1. The fraction of sp³-hybridized carbons (Fsp3) is 0.211. The monoisotopic (exact) mass is 358 g/mol. The van der Waals surface area contributed by atoms with Gasteiger partial charge in [0.2, 0.25) is 0 Å². The van der Waals surface area contributed by atoms with E-state index in [1.165, 1.54) is 0 Å². The molecule has 1 aliphatic rings. The first-order chi connectivity index (χ1) is 13.4. The highest BCUT2D eigenvalue weighted by atomic mass is 15.3. The van der Waals surface area contributed by atoms with Gasteiger partial charge in [-0.1, -0.05) is 30.3 Å². The molecule has 8 nitrogen and oxygen atoms in total. The normalized spacial score (nSPS) is 14.7. The van der Waals surface area contributed by atoms with Crippen LogP contribution in [-0.4, -0.2) is 56.1 Å². The van der Waals surface area contributed by atoms with Crippen LogP contribution in [0.1, 0.15) is 0 Å². The van der Waals surface area contributed by atoms with Gasteiger partial charge in [-0.25, -0.2) is 24.9 Å². The molecule has 1 fully saturated rings. The molecule has 1 saturated heterocycles. The highest BCUT2D eigenvalue weighted by Gasteiger charge is 2.21. The van der Waals surface area contributed by atoms with Gasteiger partial charge in [0.25, 0.3) is 0 Å². The summed E-state index contributed by atoms with van der Waals surface area (Å²) in [4.78, 5) is 29.5. The van der Waals surface area contributed by atoms with Crippen molar-refractivity contribution in [2.45, 2.75) is 0 Å². The van der Waals surface area contributed by atoms with E-state index in [1.54, 1.807) is 19.0 Å². The molecule has 0 atom stereocenters. The Hall–Kier alpha value is -3.55. The van der Waals surface area contributed by atoms with Crippen LogP contribution in [0.2, 0.25) is 0 Å². The lowest BCUT2D eigenvalue weighted by molar-refractivity contribution is 0.642. The van der Waals surface area contributed by atoms with Crippen LogP contribution in [-0.2, 0) is 0 Å². The number of hydrogen-bond donors (Lipinski definition) is 1. The molecule has 0 amide bonds. The molecule has 4 heterocycles. The smallest absolute Gasteiger partial charge is 0.182 e. The van der Waals surface area contributed by atoms with E-state index in [-0.39, 0.29) is 0 Å². The lowest BCUT2D eigenvalue weighted by Crippen LogP contribution is -2.47. The number of rotatable bonds is 3. The van der Waals surface area contributed by atoms with Gasteiger partial charge in [0.05, 0.1) is 12.0 Å². The summed E-state index contributed by atoms with van der Waals surface area (Å²) in [7, 11) is 0. The van der Waals surface area contributed by atoms with Crippen molar-refractivity contribution in [1.82, 2.24) is 29.9 Å². The minimum Gasteiger partial charge on any atom is -0.353 e. The first-order valence-corrected chi connectivity index (χ1v) is 8.90. The molecule has 0 aliphatic carbocycles. The molecule has 5 rings (SSSR count). The van der Waals surface area contributed by atoms with Gasteiger partial charge in [-0.3, -0.25) is 0 Å². The summed E-state index contributed by atoms with van der Waals surface area (Å²) in [5.74, 6) is 1.86. The Kier molecular flexibility index (Phi) is 3.86. The summed E-state index contributed by atoms with van der Waals surface area (Å²) >= 11 is 0. The number of nitrogens with zero attached hydrogens (tertiary/aromatic N) is 7. The molecule has 4 aromatic rings. The highest BCUT2D eigenvalue weighted by molar-refractivity contribution is 5.82. The lowest BCUT2D eigenvalue weighted by Gasteiger charge is -2.36. The molecule has 134 valence electrons. The van der Waals surface area contributed by atoms with Crippen LogP contribution in [0.15, 0.2) is 55.4 Å². The van der Waals surface area contributed by atoms with Gasteiger partial charge in [0.1, 0.15) is 24.0 Å².